The maximum atomic E-state index is 12.3. The van der Waals surface area contributed by atoms with Gasteiger partial charge in [-0.25, -0.2) is 0 Å². The Labute approximate surface area is 123 Å². The highest BCUT2D eigenvalue weighted by Gasteiger charge is 2.33. The second kappa shape index (κ2) is 9.48. The van der Waals surface area contributed by atoms with Crippen LogP contribution in [0, 0.1) is 17.8 Å². The smallest absolute Gasteiger partial charge is 0.137 e. The van der Waals surface area contributed by atoms with E-state index in [1.165, 1.54) is 6.42 Å². The number of methoxy groups -OCH3 is 2. The molecule has 1 fully saturated rings. The van der Waals surface area contributed by atoms with Crippen LogP contribution in [-0.4, -0.2) is 57.8 Å². The number of hydrogen-bond acceptors (Lipinski definition) is 4. The fourth-order valence-corrected chi connectivity index (χ4v) is 3.20. The van der Waals surface area contributed by atoms with E-state index in [9.17, 15) is 4.79 Å². The van der Waals surface area contributed by atoms with E-state index in [0.717, 1.165) is 45.7 Å². The first kappa shape index (κ1) is 17.6. The summed E-state index contributed by atoms with van der Waals surface area (Å²) in [7, 11) is 3.46. The number of Topliss-reactive ketones (excluding diaryl/α,β-unsaturated/α-hetero) is 1. The van der Waals surface area contributed by atoms with Gasteiger partial charge in [0.2, 0.25) is 0 Å². The number of ketones is 1. The maximum Gasteiger partial charge on any atom is 0.137 e. The van der Waals surface area contributed by atoms with Crippen LogP contribution in [0.3, 0.4) is 0 Å². The molecule has 0 aromatic carbocycles. The molecule has 1 rings (SSSR count). The summed E-state index contributed by atoms with van der Waals surface area (Å²) in [5.74, 6) is 1.70. The molecule has 0 aromatic rings. The lowest BCUT2D eigenvalue weighted by atomic mass is 9.74. The van der Waals surface area contributed by atoms with Crippen LogP contribution in [0.15, 0.2) is 0 Å². The van der Waals surface area contributed by atoms with Crippen LogP contribution >= 0.6 is 0 Å². The second-order valence-electron chi connectivity index (χ2n) is 6.23. The highest BCUT2D eigenvalue weighted by Crippen LogP contribution is 2.31. The van der Waals surface area contributed by atoms with Gasteiger partial charge in [0.1, 0.15) is 5.78 Å². The van der Waals surface area contributed by atoms with E-state index in [-0.39, 0.29) is 5.92 Å². The lowest BCUT2D eigenvalue weighted by Gasteiger charge is -2.35. The number of rotatable bonds is 9. The van der Waals surface area contributed by atoms with Crippen molar-refractivity contribution < 1.29 is 14.3 Å². The average Bonchev–Trinajstić information content (AvgIpc) is 2.39. The molecule has 1 aliphatic carbocycles. The van der Waals surface area contributed by atoms with Crippen LogP contribution in [0.2, 0.25) is 0 Å². The molecule has 0 spiro atoms. The molecule has 20 heavy (non-hydrogen) atoms. The van der Waals surface area contributed by atoms with Crippen LogP contribution in [-0.2, 0) is 14.3 Å². The van der Waals surface area contributed by atoms with Gasteiger partial charge in [-0.15, -0.1) is 0 Å². The molecule has 3 atom stereocenters. The standard InChI is InChI=1S/C16H31NO3/c1-13-10-14(2)15(16(18)11-13)12-17(7-9-20-4)6-5-8-19-3/h13-15H,5-12H2,1-4H3. The van der Waals surface area contributed by atoms with Gasteiger partial charge in [-0.05, 0) is 24.7 Å². The summed E-state index contributed by atoms with van der Waals surface area (Å²) in [5.41, 5.74) is 0. The molecule has 0 bridgehead atoms. The largest absolute Gasteiger partial charge is 0.385 e. The predicted octanol–water partition coefficient (Wildman–Crippen LogP) is 2.22. The molecular weight excluding hydrogens is 254 g/mol. The van der Waals surface area contributed by atoms with E-state index in [1.54, 1.807) is 14.2 Å². The van der Waals surface area contributed by atoms with Crippen molar-refractivity contribution in [3.63, 3.8) is 0 Å². The third kappa shape index (κ3) is 5.90. The van der Waals surface area contributed by atoms with Crippen LogP contribution < -0.4 is 0 Å². The Morgan fingerprint density at radius 2 is 1.85 bits per heavy atom. The normalized spacial score (nSPS) is 27.2. The van der Waals surface area contributed by atoms with Crippen molar-refractivity contribution in [3.05, 3.63) is 0 Å². The molecule has 4 heteroatoms. The Morgan fingerprint density at radius 3 is 2.45 bits per heavy atom. The van der Waals surface area contributed by atoms with Gasteiger partial charge in [0.05, 0.1) is 6.61 Å². The minimum Gasteiger partial charge on any atom is -0.385 e. The molecule has 0 radical (unpaired) electrons. The number of hydrogen-bond donors (Lipinski definition) is 0. The van der Waals surface area contributed by atoms with E-state index >= 15 is 0 Å². The summed E-state index contributed by atoms with van der Waals surface area (Å²) >= 11 is 0. The molecule has 0 saturated heterocycles. The predicted molar refractivity (Wildman–Crippen MR) is 80.9 cm³/mol. The first-order chi connectivity index (χ1) is 9.58. The maximum absolute atomic E-state index is 12.3. The zero-order chi connectivity index (χ0) is 15.0. The quantitative estimate of drug-likeness (QED) is 0.609. The Bertz CT molecular complexity index is 283. The molecule has 0 amide bonds. The average molecular weight is 285 g/mol. The van der Waals surface area contributed by atoms with Gasteiger partial charge in [-0.2, -0.15) is 0 Å². The van der Waals surface area contributed by atoms with Crippen LogP contribution in [0.4, 0.5) is 0 Å². The molecule has 0 N–H and O–H groups in total. The van der Waals surface area contributed by atoms with Crippen molar-refractivity contribution in [2.45, 2.75) is 33.1 Å². The summed E-state index contributed by atoms with van der Waals surface area (Å²) in [6, 6.07) is 0. The van der Waals surface area contributed by atoms with Crippen LogP contribution in [0.1, 0.15) is 33.1 Å². The van der Waals surface area contributed by atoms with Crippen molar-refractivity contribution >= 4 is 5.78 Å². The zero-order valence-electron chi connectivity index (χ0n) is 13.6. The fourth-order valence-electron chi connectivity index (χ4n) is 3.20. The van der Waals surface area contributed by atoms with Gasteiger partial charge in [0, 0.05) is 52.8 Å². The van der Waals surface area contributed by atoms with E-state index in [2.05, 4.69) is 18.7 Å². The number of carbonyl (C=O) groups is 1. The Hall–Kier alpha value is -0.450. The third-order valence-corrected chi connectivity index (χ3v) is 4.31. The first-order valence-electron chi connectivity index (χ1n) is 7.81. The lowest BCUT2D eigenvalue weighted by Crippen LogP contribution is -2.41. The molecular formula is C16H31NO3. The highest BCUT2D eigenvalue weighted by atomic mass is 16.5. The van der Waals surface area contributed by atoms with Crippen molar-refractivity contribution in [1.29, 1.82) is 0 Å². The van der Waals surface area contributed by atoms with E-state index in [0.29, 0.717) is 17.6 Å². The van der Waals surface area contributed by atoms with E-state index in [4.69, 9.17) is 9.47 Å². The topological polar surface area (TPSA) is 38.8 Å². The van der Waals surface area contributed by atoms with Crippen molar-refractivity contribution in [1.82, 2.24) is 4.90 Å². The number of ether oxygens (including phenoxy) is 2. The minimum absolute atomic E-state index is 0.200. The molecule has 3 unspecified atom stereocenters. The van der Waals surface area contributed by atoms with Crippen LogP contribution in [0.5, 0.6) is 0 Å². The Kier molecular flexibility index (Phi) is 8.34. The second-order valence-corrected chi connectivity index (χ2v) is 6.23. The lowest BCUT2D eigenvalue weighted by molar-refractivity contribution is -0.128. The molecule has 1 saturated carbocycles. The van der Waals surface area contributed by atoms with Gasteiger partial charge in [-0.3, -0.25) is 4.79 Å². The van der Waals surface area contributed by atoms with Crippen molar-refractivity contribution in [3.8, 4) is 0 Å². The zero-order valence-corrected chi connectivity index (χ0v) is 13.6. The minimum atomic E-state index is 0.200. The van der Waals surface area contributed by atoms with Crippen molar-refractivity contribution in [2.24, 2.45) is 17.8 Å². The van der Waals surface area contributed by atoms with Gasteiger partial charge >= 0.3 is 0 Å². The summed E-state index contributed by atoms with van der Waals surface area (Å²) in [6.07, 6.45) is 2.93. The van der Waals surface area contributed by atoms with Gasteiger partial charge < -0.3 is 14.4 Å². The van der Waals surface area contributed by atoms with Gasteiger partial charge in [-0.1, -0.05) is 13.8 Å². The third-order valence-electron chi connectivity index (χ3n) is 4.31. The molecule has 0 aliphatic heterocycles. The number of carbonyl (C=O) groups excluding carboxylic acids is 1. The Balaban J connectivity index is 2.50. The Morgan fingerprint density at radius 1 is 1.15 bits per heavy atom. The summed E-state index contributed by atoms with van der Waals surface area (Å²) < 4.78 is 10.3. The summed E-state index contributed by atoms with van der Waals surface area (Å²) in [4.78, 5) is 14.6. The van der Waals surface area contributed by atoms with E-state index in [1.807, 2.05) is 0 Å². The van der Waals surface area contributed by atoms with Gasteiger partial charge in [0.15, 0.2) is 0 Å². The van der Waals surface area contributed by atoms with Gasteiger partial charge in [0.25, 0.3) is 0 Å². The van der Waals surface area contributed by atoms with Crippen LogP contribution in [0.25, 0.3) is 0 Å². The highest BCUT2D eigenvalue weighted by molar-refractivity contribution is 5.82. The molecule has 1 aliphatic rings. The first-order valence-corrected chi connectivity index (χ1v) is 7.81. The molecule has 4 nitrogen and oxygen atoms in total. The fraction of sp³-hybridized carbons (Fsp3) is 0.938. The van der Waals surface area contributed by atoms with E-state index < -0.39 is 0 Å². The molecule has 0 heterocycles. The molecule has 118 valence electrons. The SMILES string of the molecule is COCCCN(CCOC)CC1C(=O)CC(C)CC1C. The van der Waals surface area contributed by atoms with Crippen molar-refractivity contribution in [2.75, 3.05) is 47.1 Å². The number of nitrogens with zero attached hydrogens (tertiary/aromatic N) is 1. The summed E-state index contributed by atoms with van der Waals surface area (Å²) in [5, 5.41) is 0. The summed E-state index contributed by atoms with van der Waals surface area (Å²) in [6.45, 7) is 8.65. The molecule has 0 aromatic heterocycles. The monoisotopic (exact) mass is 285 g/mol.